The number of ether oxygens (including phenoxy) is 1. The Bertz CT molecular complexity index is 597. The molecular formula is C12H13N3O6. The number of carboxylic acid groups (broad SMARTS) is 1. The lowest BCUT2D eigenvalue weighted by Gasteiger charge is -2.36. The molecule has 0 saturated carbocycles. The van der Waals surface area contributed by atoms with Gasteiger partial charge in [-0.05, 0) is 6.07 Å². The molecule has 1 aliphatic rings. The maximum absolute atomic E-state index is 11.9. The predicted molar refractivity (Wildman–Crippen MR) is 71.4 cm³/mol. The normalized spacial score (nSPS) is 14.2. The van der Waals surface area contributed by atoms with Crippen LogP contribution in [0.15, 0.2) is 18.2 Å². The Morgan fingerprint density at radius 2 is 2.14 bits per heavy atom. The van der Waals surface area contributed by atoms with Gasteiger partial charge in [-0.15, -0.1) is 0 Å². The van der Waals surface area contributed by atoms with E-state index in [9.17, 15) is 19.7 Å². The Labute approximate surface area is 119 Å². The van der Waals surface area contributed by atoms with Crippen LogP contribution in [-0.4, -0.2) is 47.1 Å². The van der Waals surface area contributed by atoms with E-state index in [1.807, 2.05) is 0 Å². The molecule has 21 heavy (non-hydrogen) atoms. The molecular weight excluding hydrogens is 282 g/mol. The van der Waals surface area contributed by atoms with Gasteiger partial charge in [0.15, 0.2) is 0 Å². The highest BCUT2D eigenvalue weighted by atomic mass is 16.6. The summed E-state index contributed by atoms with van der Waals surface area (Å²) in [7, 11) is 1.38. The first-order valence-corrected chi connectivity index (χ1v) is 6.03. The van der Waals surface area contributed by atoms with E-state index in [1.165, 1.54) is 30.2 Å². The summed E-state index contributed by atoms with van der Waals surface area (Å²) in [6.45, 7) is 0.219. The minimum Gasteiger partial charge on any atom is -0.495 e. The van der Waals surface area contributed by atoms with Gasteiger partial charge in [0, 0.05) is 25.2 Å². The van der Waals surface area contributed by atoms with Crippen molar-refractivity contribution in [1.29, 1.82) is 0 Å². The number of benzene rings is 1. The average molecular weight is 295 g/mol. The molecule has 1 aromatic carbocycles. The number of anilines is 1. The number of nitro benzene ring substituents is 1. The fourth-order valence-electron chi connectivity index (χ4n) is 1.90. The van der Waals surface area contributed by atoms with Gasteiger partial charge in [-0.25, -0.2) is 4.79 Å². The van der Waals surface area contributed by atoms with Gasteiger partial charge in [-0.1, -0.05) is 0 Å². The standard InChI is InChI=1S/C12H13N3O6/c1-21-10-3-2-8(15(19)20)4-9(10)13-12(18)14-5-7(6-14)11(16)17/h2-4,7H,5-6H2,1H3,(H,13,18)(H,16,17). The van der Waals surface area contributed by atoms with E-state index in [4.69, 9.17) is 9.84 Å². The molecule has 1 heterocycles. The Morgan fingerprint density at radius 3 is 2.67 bits per heavy atom. The Balaban J connectivity index is 2.08. The number of carbonyl (C=O) groups is 2. The van der Waals surface area contributed by atoms with Crippen LogP contribution in [0.2, 0.25) is 0 Å². The second-order valence-corrected chi connectivity index (χ2v) is 4.51. The largest absolute Gasteiger partial charge is 0.495 e. The molecule has 112 valence electrons. The first-order chi connectivity index (χ1) is 9.92. The van der Waals surface area contributed by atoms with E-state index >= 15 is 0 Å². The van der Waals surface area contributed by atoms with Crippen molar-refractivity contribution in [2.24, 2.45) is 5.92 Å². The second kappa shape index (κ2) is 5.65. The minimum absolute atomic E-state index is 0.110. The summed E-state index contributed by atoms with van der Waals surface area (Å²) in [5.41, 5.74) is -0.0198. The summed E-state index contributed by atoms with van der Waals surface area (Å²) >= 11 is 0. The van der Waals surface area contributed by atoms with E-state index in [1.54, 1.807) is 0 Å². The van der Waals surface area contributed by atoms with Gasteiger partial charge in [0.05, 0.1) is 23.6 Å². The number of likely N-dealkylation sites (tertiary alicyclic amines) is 1. The Hall–Kier alpha value is -2.84. The molecule has 0 aliphatic carbocycles. The van der Waals surface area contributed by atoms with Crippen molar-refractivity contribution in [2.75, 3.05) is 25.5 Å². The predicted octanol–water partition coefficient (Wildman–Crippen LogP) is 1.15. The van der Waals surface area contributed by atoms with Gasteiger partial charge in [-0.2, -0.15) is 0 Å². The molecule has 1 saturated heterocycles. The third-order valence-corrected chi connectivity index (χ3v) is 3.15. The summed E-state index contributed by atoms with van der Waals surface area (Å²) in [4.78, 5) is 34.0. The number of nitrogens with zero attached hydrogens (tertiary/aromatic N) is 2. The second-order valence-electron chi connectivity index (χ2n) is 4.51. The van der Waals surface area contributed by atoms with Gasteiger partial charge >= 0.3 is 12.0 Å². The number of nitrogens with one attached hydrogen (secondary N) is 1. The summed E-state index contributed by atoms with van der Waals surface area (Å²) in [5, 5.41) is 22.0. The molecule has 2 rings (SSSR count). The first kappa shape index (κ1) is 14.6. The van der Waals surface area contributed by atoms with Crippen LogP contribution in [0.25, 0.3) is 0 Å². The number of aliphatic carboxylic acids is 1. The van der Waals surface area contributed by atoms with Crippen LogP contribution in [0.4, 0.5) is 16.2 Å². The van der Waals surface area contributed by atoms with Crippen molar-refractivity contribution in [2.45, 2.75) is 0 Å². The van der Waals surface area contributed by atoms with Crippen molar-refractivity contribution >= 4 is 23.4 Å². The monoisotopic (exact) mass is 295 g/mol. The highest BCUT2D eigenvalue weighted by Gasteiger charge is 2.35. The number of rotatable bonds is 4. The van der Waals surface area contributed by atoms with Gasteiger partial charge in [-0.3, -0.25) is 14.9 Å². The number of carbonyl (C=O) groups excluding carboxylic acids is 1. The molecule has 0 spiro atoms. The number of hydrogen-bond acceptors (Lipinski definition) is 5. The number of amides is 2. The van der Waals surface area contributed by atoms with Crippen LogP contribution in [-0.2, 0) is 4.79 Å². The third kappa shape index (κ3) is 3.02. The number of carboxylic acids is 1. The summed E-state index contributed by atoms with van der Waals surface area (Å²) in [5.74, 6) is -1.24. The lowest BCUT2D eigenvalue weighted by atomic mass is 10.0. The number of non-ortho nitro benzene ring substituents is 1. The lowest BCUT2D eigenvalue weighted by molar-refractivity contribution is -0.384. The van der Waals surface area contributed by atoms with E-state index < -0.39 is 22.8 Å². The van der Waals surface area contributed by atoms with Gasteiger partial charge in [0.25, 0.3) is 5.69 Å². The van der Waals surface area contributed by atoms with Crippen LogP contribution >= 0.6 is 0 Å². The zero-order valence-electron chi connectivity index (χ0n) is 11.1. The van der Waals surface area contributed by atoms with Crippen LogP contribution in [0.3, 0.4) is 0 Å². The molecule has 0 radical (unpaired) electrons. The summed E-state index contributed by atoms with van der Waals surface area (Å²) in [6, 6.07) is 3.31. The number of urea groups is 1. The van der Waals surface area contributed by atoms with Crippen LogP contribution in [0, 0.1) is 16.0 Å². The highest BCUT2D eigenvalue weighted by Crippen LogP contribution is 2.29. The van der Waals surface area contributed by atoms with Crippen molar-refractivity contribution in [3.63, 3.8) is 0 Å². The van der Waals surface area contributed by atoms with E-state index in [2.05, 4.69) is 5.32 Å². The maximum Gasteiger partial charge on any atom is 0.322 e. The zero-order chi connectivity index (χ0) is 15.6. The molecule has 2 N–H and O–H groups in total. The van der Waals surface area contributed by atoms with Gasteiger partial charge in [0.1, 0.15) is 5.75 Å². The van der Waals surface area contributed by atoms with E-state index in [0.717, 1.165) is 0 Å². The number of nitro groups is 1. The van der Waals surface area contributed by atoms with Crippen LogP contribution in [0.5, 0.6) is 5.75 Å². The van der Waals surface area contributed by atoms with E-state index in [-0.39, 0.29) is 30.2 Å². The Kier molecular flexibility index (Phi) is 3.92. The molecule has 1 aromatic rings. The number of hydrogen-bond donors (Lipinski definition) is 2. The zero-order valence-corrected chi connectivity index (χ0v) is 11.1. The lowest BCUT2D eigenvalue weighted by Crippen LogP contribution is -2.54. The molecule has 0 unspecified atom stereocenters. The van der Waals surface area contributed by atoms with Crippen molar-refractivity contribution in [1.82, 2.24) is 4.90 Å². The van der Waals surface area contributed by atoms with Crippen LogP contribution in [0.1, 0.15) is 0 Å². The molecule has 1 aliphatic heterocycles. The quantitative estimate of drug-likeness (QED) is 0.634. The van der Waals surface area contributed by atoms with E-state index in [0.29, 0.717) is 0 Å². The SMILES string of the molecule is COc1ccc([N+](=O)[O-])cc1NC(=O)N1CC(C(=O)O)C1. The Morgan fingerprint density at radius 1 is 1.48 bits per heavy atom. The van der Waals surface area contributed by atoms with Gasteiger partial charge < -0.3 is 20.1 Å². The molecule has 2 amide bonds. The highest BCUT2D eigenvalue weighted by molar-refractivity contribution is 5.93. The number of methoxy groups -OCH3 is 1. The molecule has 9 heteroatoms. The van der Waals surface area contributed by atoms with Crippen LogP contribution < -0.4 is 10.1 Å². The fraction of sp³-hybridized carbons (Fsp3) is 0.333. The molecule has 1 fully saturated rings. The van der Waals surface area contributed by atoms with Crippen molar-refractivity contribution in [3.05, 3.63) is 28.3 Å². The third-order valence-electron chi connectivity index (χ3n) is 3.15. The molecule has 0 aromatic heterocycles. The first-order valence-electron chi connectivity index (χ1n) is 6.03. The van der Waals surface area contributed by atoms with Gasteiger partial charge in [0.2, 0.25) is 0 Å². The maximum atomic E-state index is 11.9. The fourth-order valence-corrected chi connectivity index (χ4v) is 1.90. The minimum atomic E-state index is -0.952. The van der Waals surface area contributed by atoms with Crippen molar-refractivity contribution in [3.8, 4) is 5.75 Å². The smallest absolute Gasteiger partial charge is 0.322 e. The molecule has 0 bridgehead atoms. The molecule has 9 nitrogen and oxygen atoms in total. The summed E-state index contributed by atoms with van der Waals surface area (Å²) in [6.07, 6.45) is 0. The average Bonchev–Trinajstić information content (AvgIpc) is 2.36. The summed E-state index contributed by atoms with van der Waals surface area (Å²) < 4.78 is 5.02. The van der Waals surface area contributed by atoms with Crippen molar-refractivity contribution < 1.29 is 24.4 Å². The topological polar surface area (TPSA) is 122 Å². The molecule has 0 atom stereocenters.